The Bertz CT molecular complexity index is 1270. The quantitative estimate of drug-likeness (QED) is 0.514. The number of carbonyl (C=O) groups is 1. The van der Waals surface area contributed by atoms with Crippen molar-refractivity contribution in [1.82, 2.24) is 24.6 Å². The molecule has 0 radical (unpaired) electrons. The highest BCUT2D eigenvalue weighted by Crippen LogP contribution is 2.15. The number of amides is 1. The molecule has 0 atom stereocenters. The van der Waals surface area contributed by atoms with Gasteiger partial charge in [-0.1, -0.05) is 29.8 Å². The van der Waals surface area contributed by atoms with Gasteiger partial charge in [0, 0.05) is 24.5 Å². The number of nitrogens with one attached hydrogen (secondary N) is 1. The van der Waals surface area contributed by atoms with Gasteiger partial charge in [-0.25, -0.2) is 14.1 Å². The smallest absolute Gasteiger partial charge is 0.264 e. The molecule has 4 aromatic rings. The molecule has 30 heavy (non-hydrogen) atoms. The molecule has 2 aromatic heterocycles. The maximum Gasteiger partial charge on any atom is 0.264 e. The van der Waals surface area contributed by atoms with Crippen molar-refractivity contribution in [2.24, 2.45) is 0 Å². The minimum absolute atomic E-state index is 0.115. The fourth-order valence-electron chi connectivity index (χ4n) is 3.03. The van der Waals surface area contributed by atoms with Crippen molar-refractivity contribution in [3.63, 3.8) is 0 Å². The SMILES string of the molecule is O=C(CCn1cnc2c(cnn2-c2ccc(F)cc2)c1=O)NCc1ccccc1Cl. The lowest BCUT2D eigenvalue weighted by Crippen LogP contribution is -2.27. The number of nitrogens with zero attached hydrogens (tertiary/aromatic N) is 4. The van der Waals surface area contributed by atoms with E-state index >= 15 is 0 Å². The van der Waals surface area contributed by atoms with Crippen LogP contribution in [0.2, 0.25) is 5.02 Å². The predicted molar refractivity (Wildman–Crippen MR) is 111 cm³/mol. The largest absolute Gasteiger partial charge is 0.352 e. The van der Waals surface area contributed by atoms with E-state index in [2.05, 4.69) is 15.4 Å². The van der Waals surface area contributed by atoms with Gasteiger partial charge in [0.05, 0.1) is 18.2 Å². The third kappa shape index (κ3) is 4.08. The van der Waals surface area contributed by atoms with E-state index in [1.165, 1.54) is 33.9 Å². The Morgan fingerprint density at radius 2 is 1.90 bits per heavy atom. The number of halogens is 2. The van der Waals surface area contributed by atoms with Crippen molar-refractivity contribution in [3.05, 3.63) is 87.8 Å². The lowest BCUT2D eigenvalue weighted by molar-refractivity contribution is -0.121. The van der Waals surface area contributed by atoms with Crippen molar-refractivity contribution < 1.29 is 9.18 Å². The van der Waals surface area contributed by atoms with E-state index in [-0.39, 0.29) is 30.2 Å². The van der Waals surface area contributed by atoms with Crippen LogP contribution in [-0.2, 0) is 17.9 Å². The van der Waals surface area contributed by atoms with Crippen molar-refractivity contribution in [3.8, 4) is 5.69 Å². The Morgan fingerprint density at radius 3 is 2.67 bits per heavy atom. The molecule has 4 rings (SSSR count). The molecule has 2 heterocycles. The van der Waals surface area contributed by atoms with Gasteiger partial charge in [0.15, 0.2) is 5.65 Å². The van der Waals surface area contributed by atoms with E-state index in [0.717, 1.165) is 5.56 Å². The zero-order valence-corrected chi connectivity index (χ0v) is 16.5. The summed E-state index contributed by atoms with van der Waals surface area (Å²) in [7, 11) is 0. The van der Waals surface area contributed by atoms with Crippen LogP contribution in [0.3, 0.4) is 0 Å². The monoisotopic (exact) mass is 425 g/mol. The maximum atomic E-state index is 13.1. The molecule has 0 unspecified atom stereocenters. The number of carbonyl (C=O) groups excluding carboxylic acids is 1. The molecule has 7 nitrogen and oxygen atoms in total. The first-order chi connectivity index (χ1) is 14.5. The van der Waals surface area contributed by atoms with Gasteiger partial charge in [0.2, 0.25) is 5.91 Å². The van der Waals surface area contributed by atoms with E-state index in [4.69, 9.17) is 11.6 Å². The van der Waals surface area contributed by atoms with Gasteiger partial charge >= 0.3 is 0 Å². The van der Waals surface area contributed by atoms with Gasteiger partial charge in [-0.15, -0.1) is 0 Å². The minimum Gasteiger partial charge on any atom is -0.352 e. The van der Waals surface area contributed by atoms with E-state index in [1.807, 2.05) is 18.2 Å². The van der Waals surface area contributed by atoms with Crippen molar-refractivity contribution in [1.29, 1.82) is 0 Å². The van der Waals surface area contributed by atoms with Crippen LogP contribution in [0.5, 0.6) is 0 Å². The molecule has 0 bridgehead atoms. The zero-order chi connectivity index (χ0) is 21.1. The topological polar surface area (TPSA) is 81.8 Å². The summed E-state index contributed by atoms with van der Waals surface area (Å²) < 4.78 is 16.0. The fraction of sp³-hybridized carbons (Fsp3) is 0.143. The van der Waals surface area contributed by atoms with Crippen molar-refractivity contribution in [2.45, 2.75) is 19.5 Å². The second-order valence-electron chi connectivity index (χ2n) is 6.63. The van der Waals surface area contributed by atoms with Crippen LogP contribution in [0.25, 0.3) is 16.7 Å². The summed E-state index contributed by atoms with van der Waals surface area (Å²) >= 11 is 6.08. The highest BCUT2D eigenvalue weighted by atomic mass is 35.5. The second kappa shape index (κ2) is 8.46. The first-order valence-electron chi connectivity index (χ1n) is 9.22. The first-order valence-corrected chi connectivity index (χ1v) is 9.60. The standard InChI is InChI=1S/C21H17ClFN5O2/c22-18-4-2-1-3-14(18)11-24-19(29)9-10-27-13-25-20-17(21(27)30)12-26-28(20)16-7-5-15(23)6-8-16/h1-8,12-13H,9-11H2,(H,24,29). The fourth-order valence-corrected chi connectivity index (χ4v) is 3.23. The van der Waals surface area contributed by atoms with Gasteiger partial charge in [-0.3, -0.25) is 14.2 Å². The molecule has 152 valence electrons. The van der Waals surface area contributed by atoms with Gasteiger partial charge in [-0.05, 0) is 35.9 Å². The molecule has 1 amide bonds. The van der Waals surface area contributed by atoms with Gasteiger partial charge < -0.3 is 5.32 Å². The predicted octanol–water partition coefficient (Wildman–Crippen LogP) is 3.08. The van der Waals surface area contributed by atoms with E-state index in [1.54, 1.807) is 18.2 Å². The Hall–Kier alpha value is -3.52. The number of hydrogen-bond donors (Lipinski definition) is 1. The molecule has 0 saturated heterocycles. The number of benzene rings is 2. The Labute approximate surface area is 175 Å². The molecule has 0 aliphatic carbocycles. The molecule has 0 spiro atoms. The summed E-state index contributed by atoms with van der Waals surface area (Å²) in [5.74, 6) is -0.567. The Morgan fingerprint density at radius 1 is 1.13 bits per heavy atom. The van der Waals surface area contributed by atoms with Crippen LogP contribution < -0.4 is 10.9 Å². The molecule has 9 heteroatoms. The first kappa shape index (κ1) is 19.8. The average molecular weight is 426 g/mol. The van der Waals surface area contributed by atoms with E-state index in [0.29, 0.717) is 28.3 Å². The molecule has 1 N–H and O–H groups in total. The molecule has 0 fully saturated rings. The van der Waals surface area contributed by atoms with Gasteiger partial charge in [-0.2, -0.15) is 5.10 Å². The van der Waals surface area contributed by atoms with Crippen molar-refractivity contribution in [2.75, 3.05) is 0 Å². The van der Waals surface area contributed by atoms with Crippen LogP contribution in [0.4, 0.5) is 4.39 Å². The molecule has 0 saturated carbocycles. The summed E-state index contributed by atoms with van der Waals surface area (Å²) in [5.41, 5.74) is 1.48. The van der Waals surface area contributed by atoms with Crippen LogP contribution >= 0.6 is 11.6 Å². The third-order valence-corrected chi connectivity index (χ3v) is 5.01. The number of aromatic nitrogens is 4. The molecular formula is C21H17ClFN5O2. The van der Waals surface area contributed by atoms with Crippen molar-refractivity contribution >= 4 is 28.5 Å². The summed E-state index contributed by atoms with van der Waals surface area (Å²) in [6.07, 6.45) is 2.92. The number of fused-ring (bicyclic) bond motifs is 1. The third-order valence-electron chi connectivity index (χ3n) is 4.64. The summed E-state index contributed by atoms with van der Waals surface area (Å²) in [4.78, 5) is 29.2. The highest BCUT2D eigenvalue weighted by molar-refractivity contribution is 6.31. The van der Waals surface area contributed by atoms with Gasteiger partial charge in [0.1, 0.15) is 11.2 Å². The summed E-state index contributed by atoms with van der Waals surface area (Å²) in [6, 6.07) is 13.0. The average Bonchev–Trinajstić information content (AvgIpc) is 3.18. The normalized spacial score (nSPS) is 11.0. The minimum atomic E-state index is -0.363. The van der Waals surface area contributed by atoms with Gasteiger partial charge in [0.25, 0.3) is 5.56 Å². The number of hydrogen-bond acceptors (Lipinski definition) is 4. The summed E-state index contributed by atoms with van der Waals surface area (Å²) in [6.45, 7) is 0.493. The highest BCUT2D eigenvalue weighted by Gasteiger charge is 2.12. The Balaban J connectivity index is 1.45. The van der Waals surface area contributed by atoms with Crippen LogP contribution in [-0.4, -0.2) is 25.2 Å². The summed E-state index contributed by atoms with van der Waals surface area (Å²) in [5, 5.41) is 7.88. The lowest BCUT2D eigenvalue weighted by Gasteiger charge is -2.08. The van der Waals surface area contributed by atoms with E-state index in [9.17, 15) is 14.0 Å². The van der Waals surface area contributed by atoms with E-state index < -0.39 is 0 Å². The number of rotatable bonds is 6. The lowest BCUT2D eigenvalue weighted by atomic mass is 10.2. The molecule has 0 aliphatic heterocycles. The second-order valence-corrected chi connectivity index (χ2v) is 7.04. The molecule has 2 aromatic carbocycles. The van der Waals surface area contributed by atoms with Crippen LogP contribution in [0.1, 0.15) is 12.0 Å². The van der Waals surface area contributed by atoms with Crippen LogP contribution in [0, 0.1) is 5.82 Å². The molecule has 0 aliphatic rings. The van der Waals surface area contributed by atoms with Crippen LogP contribution in [0.15, 0.2) is 65.8 Å². The number of aryl methyl sites for hydroxylation is 1. The zero-order valence-electron chi connectivity index (χ0n) is 15.8. The maximum absolute atomic E-state index is 13.1. The molecular weight excluding hydrogens is 409 g/mol. The Kier molecular flexibility index (Phi) is 5.58.